The number of hydrogen-bond acceptors (Lipinski definition) is 7. The van der Waals surface area contributed by atoms with Crippen molar-refractivity contribution >= 4 is 17.1 Å². The molecule has 0 fully saturated rings. The Hall–Kier alpha value is -2.77. The van der Waals surface area contributed by atoms with Crippen molar-refractivity contribution in [1.29, 1.82) is 0 Å². The molecule has 0 aliphatic carbocycles. The molecular formula is C14H17N7O. The molecule has 0 bridgehead atoms. The van der Waals surface area contributed by atoms with E-state index in [1.165, 1.54) is 0 Å². The van der Waals surface area contributed by atoms with E-state index in [-0.39, 0.29) is 5.95 Å². The molecule has 0 saturated heterocycles. The highest BCUT2D eigenvalue weighted by atomic mass is 16.5. The summed E-state index contributed by atoms with van der Waals surface area (Å²) in [4.78, 5) is 17.2. The van der Waals surface area contributed by atoms with Gasteiger partial charge in [-0.15, -0.1) is 0 Å². The van der Waals surface area contributed by atoms with Gasteiger partial charge < -0.3 is 10.5 Å². The van der Waals surface area contributed by atoms with Crippen LogP contribution in [0.3, 0.4) is 0 Å². The molecule has 2 N–H and O–H groups in total. The number of nitrogens with two attached hydrogens (primary N) is 1. The first-order chi connectivity index (χ1) is 10.5. The maximum atomic E-state index is 5.67. The molecule has 8 nitrogen and oxygen atoms in total. The minimum absolute atomic E-state index is 0.117. The molecule has 0 spiro atoms. The number of fused-ring (bicyclic) bond motifs is 1. The summed E-state index contributed by atoms with van der Waals surface area (Å²) in [5, 5.41) is 4.41. The van der Waals surface area contributed by atoms with E-state index in [9.17, 15) is 0 Å². The van der Waals surface area contributed by atoms with Gasteiger partial charge in [0.1, 0.15) is 0 Å². The number of anilines is 1. The van der Waals surface area contributed by atoms with Gasteiger partial charge in [0.25, 0.3) is 0 Å². The molecule has 0 aliphatic rings. The smallest absolute Gasteiger partial charge is 0.247 e. The summed E-state index contributed by atoms with van der Waals surface area (Å²) >= 11 is 0. The first-order valence-corrected chi connectivity index (χ1v) is 6.95. The summed E-state index contributed by atoms with van der Waals surface area (Å²) in [6.07, 6.45) is 1.67. The Morgan fingerprint density at radius 3 is 2.64 bits per heavy atom. The van der Waals surface area contributed by atoms with E-state index in [0.29, 0.717) is 29.3 Å². The average Bonchev–Trinajstić information content (AvgIpc) is 2.72. The Morgan fingerprint density at radius 2 is 2.00 bits per heavy atom. The fourth-order valence-electron chi connectivity index (χ4n) is 2.40. The number of aromatic nitrogens is 6. The number of rotatable bonds is 3. The first-order valence-electron chi connectivity index (χ1n) is 6.95. The monoisotopic (exact) mass is 299 g/mol. The van der Waals surface area contributed by atoms with E-state index in [4.69, 9.17) is 10.5 Å². The standard InChI is InChI=1S/C14H17N7O/c1-5-22-13-11-12(18-14(15)19-13)16-6-9(17-11)10-7(2)20-21(4)8(10)3/h6H,5H2,1-4H3,(H2,15,16,18,19). The van der Waals surface area contributed by atoms with Crippen molar-refractivity contribution in [3.63, 3.8) is 0 Å². The van der Waals surface area contributed by atoms with Crippen LogP contribution < -0.4 is 10.5 Å². The average molecular weight is 299 g/mol. The molecule has 3 aromatic rings. The molecule has 0 saturated carbocycles. The van der Waals surface area contributed by atoms with Crippen LogP contribution >= 0.6 is 0 Å². The van der Waals surface area contributed by atoms with Crippen molar-refractivity contribution in [2.75, 3.05) is 12.3 Å². The van der Waals surface area contributed by atoms with Crippen LogP contribution in [0.25, 0.3) is 22.4 Å². The Balaban J connectivity index is 2.25. The quantitative estimate of drug-likeness (QED) is 0.779. The summed E-state index contributed by atoms with van der Waals surface area (Å²) in [5.74, 6) is 0.463. The Labute approximate surface area is 127 Å². The van der Waals surface area contributed by atoms with E-state index >= 15 is 0 Å². The van der Waals surface area contributed by atoms with Crippen molar-refractivity contribution in [3.8, 4) is 17.1 Å². The van der Waals surface area contributed by atoms with Gasteiger partial charge in [0.15, 0.2) is 11.2 Å². The molecule has 0 atom stereocenters. The van der Waals surface area contributed by atoms with E-state index < -0.39 is 0 Å². The molecule has 22 heavy (non-hydrogen) atoms. The number of hydrogen-bond donors (Lipinski definition) is 1. The number of nitrogens with zero attached hydrogens (tertiary/aromatic N) is 6. The predicted molar refractivity (Wildman–Crippen MR) is 82.4 cm³/mol. The zero-order valence-corrected chi connectivity index (χ0v) is 13.0. The van der Waals surface area contributed by atoms with Gasteiger partial charge in [-0.2, -0.15) is 15.1 Å². The first kappa shape index (κ1) is 14.2. The second-order valence-electron chi connectivity index (χ2n) is 4.92. The Bertz CT molecular complexity index is 856. The zero-order valence-electron chi connectivity index (χ0n) is 13.0. The highest BCUT2D eigenvalue weighted by molar-refractivity contribution is 5.79. The molecule has 0 radical (unpaired) electrons. The van der Waals surface area contributed by atoms with Crippen LogP contribution in [0.5, 0.6) is 5.88 Å². The van der Waals surface area contributed by atoms with Gasteiger partial charge in [0.05, 0.1) is 24.2 Å². The second kappa shape index (κ2) is 5.21. The van der Waals surface area contributed by atoms with Crippen molar-refractivity contribution < 1.29 is 4.74 Å². The third kappa shape index (κ3) is 2.22. The largest absolute Gasteiger partial charge is 0.476 e. The molecule has 0 aliphatic heterocycles. The lowest BCUT2D eigenvalue weighted by Crippen LogP contribution is -2.04. The van der Waals surface area contributed by atoms with Crippen LogP contribution in [0.2, 0.25) is 0 Å². The third-order valence-corrected chi connectivity index (χ3v) is 3.44. The van der Waals surface area contributed by atoms with E-state index in [1.807, 2.05) is 32.5 Å². The lowest BCUT2D eigenvalue weighted by molar-refractivity contribution is 0.330. The van der Waals surface area contributed by atoms with Crippen LogP contribution in [0.15, 0.2) is 6.20 Å². The van der Waals surface area contributed by atoms with E-state index in [1.54, 1.807) is 6.20 Å². The maximum Gasteiger partial charge on any atom is 0.247 e. The highest BCUT2D eigenvalue weighted by Crippen LogP contribution is 2.27. The fourth-order valence-corrected chi connectivity index (χ4v) is 2.40. The fraction of sp³-hybridized carbons (Fsp3) is 0.357. The normalized spacial score (nSPS) is 11.1. The van der Waals surface area contributed by atoms with Gasteiger partial charge in [-0.3, -0.25) is 4.68 Å². The van der Waals surface area contributed by atoms with Gasteiger partial charge in [0, 0.05) is 18.3 Å². The molecule has 3 rings (SSSR count). The van der Waals surface area contributed by atoms with Crippen molar-refractivity contribution in [1.82, 2.24) is 29.7 Å². The van der Waals surface area contributed by atoms with Gasteiger partial charge in [-0.05, 0) is 20.8 Å². The van der Waals surface area contributed by atoms with Crippen LogP contribution in [-0.4, -0.2) is 36.3 Å². The molecule has 114 valence electrons. The highest BCUT2D eigenvalue weighted by Gasteiger charge is 2.16. The topological polar surface area (TPSA) is 105 Å². The van der Waals surface area contributed by atoms with Gasteiger partial charge in [-0.25, -0.2) is 9.97 Å². The van der Waals surface area contributed by atoms with Crippen molar-refractivity contribution in [3.05, 3.63) is 17.6 Å². The van der Waals surface area contributed by atoms with E-state index in [0.717, 1.165) is 17.0 Å². The van der Waals surface area contributed by atoms with Crippen molar-refractivity contribution in [2.45, 2.75) is 20.8 Å². The van der Waals surface area contributed by atoms with Crippen LogP contribution in [0, 0.1) is 13.8 Å². The minimum Gasteiger partial charge on any atom is -0.476 e. The molecule has 0 aromatic carbocycles. The summed E-state index contributed by atoms with van der Waals surface area (Å²) in [6.45, 7) is 6.26. The van der Waals surface area contributed by atoms with Crippen LogP contribution in [0.4, 0.5) is 5.95 Å². The number of aryl methyl sites for hydroxylation is 2. The Kier molecular flexibility index (Phi) is 3.36. The summed E-state index contributed by atoms with van der Waals surface area (Å²) < 4.78 is 7.32. The predicted octanol–water partition coefficient (Wildman–Crippen LogP) is 1.42. The van der Waals surface area contributed by atoms with Gasteiger partial charge in [-0.1, -0.05) is 0 Å². The van der Waals surface area contributed by atoms with Crippen LogP contribution in [-0.2, 0) is 7.05 Å². The molecule has 3 aromatic heterocycles. The number of nitrogen functional groups attached to an aromatic ring is 1. The van der Waals surface area contributed by atoms with Gasteiger partial charge >= 0.3 is 0 Å². The van der Waals surface area contributed by atoms with Gasteiger partial charge in [0.2, 0.25) is 11.8 Å². The van der Waals surface area contributed by atoms with Crippen molar-refractivity contribution in [2.24, 2.45) is 7.05 Å². The lowest BCUT2D eigenvalue weighted by atomic mass is 10.1. The molecular weight excluding hydrogens is 282 g/mol. The molecule has 3 heterocycles. The number of ether oxygens (including phenoxy) is 1. The third-order valence-electron chi connectivity index (χ3n) is 3.44. The maximum absolute atomic E-state index is 5.67. The lowest BCUT2D eigenvalue weighted by Gasteiger charge is -2.07. The Morgan fingerprint density at radius 1 is 1.23 bits per heavy atom. The minimum atomic E-state index is 0.117. The van der Waals surface area contributed by atoms with E-state index in [2.05, 4.69) is 25.0 Å². The molecule has 8 heteroatoms. The summed E-state index contributed by atoms with van der Waals surface area (Å²) in [7, 11) is 1.90. The molecule has 0 amide bonds. The van der Waals surface area contributed by atoms with Crippen LogP contribution in [0.1, 0.15) is 18.3 Å². The SMILES string of the molecule is CCOc1nc(N)nc2ncc(-c3c(C)nn(C)c3C)nc12. The molecule has 0 unspecified atom stereocenters. The zero-order chi connectivity index (χ0) is 15.9. The summed E-state index contributed by atoms with van der Waals surface area (Å²) in [6, 6.07) is 0. The summed E-state index contributed by atoms with van der Waals surface area (Å²) in [5.41, 5.74) is 10.2. The second-order valence-corrected chi connectivity index (χ2v) is 4.92.